The van der Waals surface area contributed by atoms with Gasteiger partial charge in [0.2, 0.25) is 0 Å². The number of aromatic nitrogens is 4. The maximum absolute atomic E-state index is 9.12. The molecule has 2 heterocycles. The van der Waals surface area contributed by atoms with Gasteiger partial charge in [-0.15, -0.1) is 0 Å². The average Bonchev–Trinajstić information content (AvgIpc) is 3.10. The molecule has 2 aromatic heterocycles. The highest BCUT2D eigenvalue weighted by atomic mass is 16.3. The summed E-state index contributed by atoms with van der Waals surface area (Å²) in [7, 11) is 0. The van der Waals surface area contributed by atoms with E-state index in [0.717, 1.165) is 33.4 Å². The molecule has 0 spiro atoms. The third-order valence-electron chi connectivity index (χ3n) is 3.81. The van der Waals surface area contributed by atoms with Crippen LogP contribution in [0.5, 0.6) is 0 Å². The van der Waals surface area contributed by atoms with Crippen molar-refractivity contribution < 1.29 is 5.11 Å². The Kier molecular flexibility index (Phi) is 3.64. The Morgan fingerprint density at radius 2 is 1.88 bits per heavy atom. The molecule has 0 saturated carbocycles. The quantitative estimate of drug-likeness (QED) is 0.538. The van der Waals surface area contributed by atoms with Crippen LogP contribution in [0.25, 0.3) is 22.2 Å². The Bertz CT molecular complexity index is 978. The molecule has 4 rings (SSSR count). The molecule has 24 heavy (non-hydrogen) atoms. The lowest BCUT2D eigenvalue weighted by Crippen LogP contribution is -1.95. The molecule has 2 aromatic carbocycles. The first kappa shape index (κ1) is 14.3. The van der Waals surface area contributed by atoms with E-state index < -0.39 is 0 Å². The SMILES string of the molecule is OCc1ccc(-c2cc(Nc3ccc4[nH]ncc4c3)ncn2)cc1. The fourth-order valence-corrected chi connectivity index (χ4v) is 2.53. The Balaban J connectivity index is 1.61. The maximum Gasteiger partial charge on any atom is 0.134 e. The molecular formula is C18H15N5O. The smallest absolute Gasteiger partial charge is 0.134 e. The Morgan fingerprint density at radius 3 is 2.71 bits per heavy atom. The van der Waals surface area contributed by atoms with Crippen LogP contribution in [0.3, 0.4) is 0 Å². The second-order valence-corrected chi connectivity index (χ2v) is 5.44. The zero-order valence-corrected chi connectivity index (χ0v) is 12.8. The zero-order valence-electron chi connectivity index (χ0n) is 12.8. The van der Waals surface area contributed by atoms with Crippen molar-refractivity contribution >= 4 is 22.4 Å². The van der Waals surface area contributed by atoms with Crippen molar-refractivity contribution in [3.05, 3.63) is 66.6 Å². The van der Waals surface area contributed by atoms with E-state index in [-0.39, 0.29) is 6.61 Å². The van der Waals surface area contributed by atoms with E-state index in [1.807, 2.05) is 48.5 Å². The van der Waals surface area contributed by atoms with Crippen molar-refractivity contribution in [3.8, 4) is 11.3 Å². The number of H-pyrrole nitrogens is 1. The summed E-state index contributed by atoms with van der Waals surface area (Å²) in [5, 5.41) is 20.4. The highest BCUT2D eigenvalue weighted by Crippen LogP contribution is 2.23. The molecule has 0 amide bonds. The van der Waals surface area contributed by atoms with Crippen LogP contribution in [-0.4, -0.2) is 25.3 Å². The summed E-state index contributed by atoms with van der Waals surface area (Å²) in [6, 6.07) is 15.5. The summed E-state index contributed by atoms with van der Waals surface area (Å²) >= 11 is 0. The van der Waals surface area contributed by atoms with Crippen LogP contribution in [-0.2, 0) is 6.61 Å². The minimum Gasteiger partial charge on any atom is -0.392 e. The van der Waals surface area contributed by atoms with Gasteiger partial charge in [0.1, 0.15) is 12.1 Å². The van der Waals surface area contributed by atoms with Crippen molar-refractivity contribution in [1.82, 2.24) is 20.2 Å². The van der Waals surface area contributed by atoms with E-state index in [0.29, 0.717) is 5.82 Å². The van der Waals surface area contributed by atoms with Crippen molar-refractivity contribution in [2.45, 2.75) is 6.61 Å². The van der Waals surface area contributed by atoms with E-state index in [9.17, 15) is 0 Å². The topological polar surface area (TPSA) is 86.7 Å². The number of nitrogens with one attached hydrogen (secondary N) is 2. The third kappa shape index (κ3) is 2.82. The van der Waals surface area contributed by atoms with Gasteiger partial charge in [0.25, 0.3) is 0 Å². The Morgan fingerprint density at radius 1 is 1.00 bits per heavy atom. The summed E-state index contributed by atoms with van der Waals surface area (Å²) in [6.45, 7) is 0.0351. The molecule has 0 saturated heterocycles. The van der Waals surface area contributed by atoms with Crippen LogP contribution in [0.15, 0.2) is 61.1 Å². The summed E-state index contributed by atoms with van der Waals surface area (Å²) in [5.41, 5.74) is 4.60. The molecule has 0 radical (unpaired) electrons. The lowest BCUT2D eigenvalue weighted by Gasteiger charge is -2.07. The van der Waals surface area contributed by atoms with Gasteiger partial charge in [0.15, 0.2) is 0 Å². The van der Waals surface area contributed by atoms with Gasteiger partial charge in [0.05, 0.1) is 24.0 Å². The molecule has 0 aliphatic rings. The summed E-state index contributed by atoms with van der Waals surface area (Å²) < 4.78 is 0. The van der Waals surface area contributed by atoms with Crippen LogP contribution < -0.4 is 5.32 Å². The maximum atomic E-state index is 9.12. The van der Waals surface area contributed by atoms with Crippen LogP contribution >= 0.6 is 0 Å². The number of rotatable bonds is 4. The van der Waals surface area contributed by atoms with Crippen molar-refractivity contribution in [2.24, 2.45) is 0 Å². The van der Waals surface area contributed by atoms with Crippen LogP contribution in [0, 0.1) is 0 Å². The molecule has 0 bridgehead atoms. The largest absolute Gasteiger partial charge is 0.392 e. The van der Waals surface area contributed by atoms with E-state index >= 15 is 0 Å². The van der Waals surface area contributed by atoms with Gasteiger partial charge in [-0.2, -0.15) is 5.10 Å². The third-order valence-corrected chi connectivity index (χ3v) is 3.81. The first-order valence-electron chi connectivity index (χ1n) is 7.54. The van der Waals surface area contributed by atoms with Gasteiger partial charge in [-0.1, -0.05) is 24.3 Å². The second-order valence-electron chi connectivity index (χ2n) is 5.44. The molecule has 3 N–H and O–H groups in total. The number of hydrogen-bond donors (Lipinski definition) is 3. The number of fused-ring (bicyclic) bond motifs is 1. The monoisotopic (exact) mass is 317 g/mol. The molecule has 0 atom stereocenters. The van der Waals surface area contributed by atoms with E-state index in [1.54, 1.807) is 6.20 Å². The van der Waals surface area contributed by atoms with Gasteiger partial charge in [0, 0.05) is 22.7 Å². The predicted octanol–water partition coefficient (Wildman–Crippen LogP) is 3.26. The summed E-state index contributed by atoms with van der Waals surface area (Å²) in [4.78, 5) is 8.60. The molecule has 6 heteroatoms. The number of hydrogen-bond acceptors (Lipinski definition) is 5. The van der Waals surface area contributed by atoms with Gasteiger partial charge in [-0.05, 0) is 23.8 Å². The van der Waals surface area contributed by atoms with Crippen LogP contribution in [0.4, 0.5) is 11.5 Å². The first-order valence-corrected chi connectivity index (χ1v) is 7.54. The molecule has 6 nitrogen and oxygen atoms in total. The Hall–Kier alpha value is -3.25. The Labute approximate surface area is 138 Å². The number of aliphatic hydroxyl groups excluding tert-OH is 1. The number of anilines is 2. The standard InChI is InChI=1S/C18H15N5O/c24-10-12-1-3-13(4-2-12)17-8-18(20-11-19-17)22-15-5-6-16-14(7-15)9-21-23-16/h1-9,11,24H,10H2,(H,21,23)(H,19,20,22). The van der Waals surface area contributed by atoms with Gasteiger partial charge < -0.3 is 10.4 Å². The molecule has 0 aliphatic heterocycles. The van der Waals surface area contributed by atoms with Crippen LogP contribution in [0.2, 0.25) is 0 Å². The number of aliphatic hydroxyl groups is 1. The van der Waals surface area contributed by atoms with Crippen molar-refractivity contribution in [3.63, 3.8) is 0 Å². The van der Waals surface area contributed by atoms with Crippen molar-refractivity contribution in [2.75, 3.05) is 5.32 Å². The minimum atomic E-state index is 0.0351. The first-order chi connectivity index (χ1) is 11.8. The van der Waals surface area contributed by atoms with Crippen molar-refractivity contribution in [1.29, 1.82) is 0 Å². The molecular weight excluding hydrogens is 302 g/mol. The minimum absolute atomic E-state index is 0.0351. The fraction of sp³-hybridized carbons (Fsp3) is 0.0556. The predicted molar refractivity (Wildman–Crippen MR) is 92.8 cm³/mol. The number of nitrogens with zero attached hydrogens (tertiary/aromatic N) is 3. The lowest BCUT2D eigenvalue weighted by atomic mass is 10.1. The zero-order chi connectivity index (χ0) is 16.4. The average molecular weight is 317 g/mol. The molecule has 0 aliphatic carbocycles. The molecule has 4 aromatic rings. The van der Waals surface area contributed by atoms with E-state index in [2.05, 4.69) is 25.5 Å². The van der Waals surface area contributed by atoms with E-state index in [4.69, 9.17) is 5.11 Å². The van der Waals surface area contributed by atoms with Gasteiger partial charge >= 0.3 is 0 Å². The lowest BCUT2D eigenvalue weighted by molar-refractivity contribution is 0.282. The molecule has 0 fully saturated rings. The highest BCUT2D eigenvalue weighted by molar-refractivity contribution is 5.82. The van der Waals surface area contributed by atoms with Gasteiger partial charge in [-0.3, -0.25) is 5.10 Å². The highest BCUT2D eigenvalue weighted by Gasteiger charge is 2.04. The van der Waals surface area contributed by atoms with Crippen LogP contribution in [0.1, 0.15) is 5.56 Å². The molecule has 0 unspecified atom stereocenters. The van der Waals surface area contributed by atoms with Gasteiger partial charge in [-0.25, -0.2) is 9.97 Å². The summed E-state index contributed by atoms with van der Waals surface area (Å²) in [5.74, 6) is 0.717. The number of aromatic amines is 1. The molecule has 118 valence electrons. The fourth-order valence-electron chi connectivity index (χ4n) is 2.53. The number of benzene rings is 2. The normalized spacial score (nSPS) is 10.9. The van der Waals surface area contributed by atoms with E-state index in [1.165, 1.54) is 6.33 Å². The summed E-state index contributed by atoms with van der Waals surface area (Å²) in [6.07, 6.45) is 3.32. The second kappa shape index (κ2) is 6.10.